The van der Waals surface area contributed by atoms with Crippen LogP contribution >= 0.6 is 0 Å². The molecule has 0 bridgehead atoms. The summed E-state index contributed by atoms with van der Waals surface area (Å²) in [6.07, 6.45) is 2.93. The normalized spacial score (nSPS) is 11.5. The van der Waals surface area contributed by atoms with Gasteiger partial charge in [-0.1, -0.05) is 42.5 Å². The summed E-state index contributed by atoms with van der Waals surface area (Å²) in [5.74, 6) is -0.506. The number of nitrogens with two attached hydrogens (primary N) is 1. The van der Waals surface area contributed by atoms with Crippen molar-refractivity contribution in [3.63, 3.8) is 0 Å². The van der Waals surface area contributed by atoms with Crippen molar-refractivity contribution >= 4 is 32.5 Å². The van der Waals surface area contributed by atoms with E-state index in [9.17, 15) is 13.2 Å². The lowest BCUT2D eigenvalue weighted by Crippen LogP contribution is -2.11. The Kier molecular flexibility index (Phi) is 4.60. The highest BCUT2D eigenvalue weighted by atomic mass is 32.2. The van der Waals surface area contributed by atoms with Gasteiger partial charge in [-0.05, 0) is 41.0 Å². The van der Waals surface area contributed by atoms with Gasteiger partial charge in [0.1, 0.15) is 0 Å². The first-order valence-electron chi connectivity index (χ1n) is 8.90. The molecule has 0 saturated heterocycles. The van der Waals surface area contributed by atoms with Crippen LogP contribution in [0.1, 0.15) is 10.4 Å². The minimum Gasteiger partial charge on any atom is -0.366 e. The summed E-state index contributed by atoms with van der Waals surface area (Å²) in [4.78, 5) is 15.2. The SMILES string of the molecule is CS(=O)(=O)Nc1ccc(-c2c[nH]c3c(C(N)=O)cc(-c4ccccc4)cc23)cc1. The molecule has 6 nitrogen and oxygen atoms in total. The fourth-order valence-electron chi connectivity index (χ4n) is 3.39. The molecule has 7 heteroatoms. The predicted octanol–water partition coefficient (Wildman–Crippen LogP) is 3.97. The maximum Gasteiger partial charge on any atom is 0.250 e. The van der Waals surface area contributed by atoms with Crippen LogP contribution in [0, 0.1) is 0 Å². The molecule has 1 aromatic heterocycles. The number of carbonyl (C=O) groups excluding carboxylic acids is 1. The Morgan fingerprint density at radius 3 is 2.24 bits per heavy atom. The van der Waals surface area contributed by atoms with Crippen LogP contribution in [0.15, 0.2) is 72.9 Å². The van der Waals surface area contributed by atoms with Gasteiger partial charge in [-0.3, -0.25) is 9.52 Å². The molecule has 146 valence electrons. The highest BCUT2D eigenvalue weighted by Crippen LogP contribution is 2.34. The molecule has 0 radical (unpaired) electrons. The molecule has 0 aliphatic carbocycles. The van der Waals surface area contributed by atoms with Crippen LogP contribution < -0.4 is 10.5 Å². The Morgan fingerprint density at radius 2 is 1.62 bits per heavy atom. The molecule has 1 amide bonds. The first-order valence-corrected chi connectivity index (χ1v) is 10.8. The second kappa shape index (κ2) is 7.10. The summed E-state index contributed by atoms with van der Waals surface area (Å²) in [5, 5.41) is 0.865. The van der Waals surface area contributed by atoms with Crippen molar-refractivity contribution in [2.75, 3.05) is 11.0 Å². The van der Waals surface area contributed by atoms with Crippen molar-refractivity contribution < 1.29 is 13.2 Å². The monoisotopic (exact) mass is 405 g/mol. The van der Waals surface area contributed by atoms with E-state index in [1.165, 1.54) is 0 Å². The first kappa shape index (κ1) is 18.8. The van der Waals surface area contributed by atoms with Crippen molar-refractivity contribution in [3.05, 3.63) is 78.5 Å². The van der Waals surface area contributed by atoms with Crippen LogP contribution in [0.3, 0.4) is 0 Å². The minimum atomic E-state index is -3.34. The number of carbonyl (C=O) groups is 1. The van der Waals surface area contributed by atoms with Gasteiger partial charge in [0.15, 0.2) is 0 Å². The van der Waals surface area contributed by atoms with Gasteiger partial charge in [-0.25, -0.2) is 8.42 Å². The molecule has 4 rings (SSSR count). The van der Waals surface area contributed by atoms with E-state index in [2.05, 4.69) is 9.71 Å². The number of fused-ring (bicyclic) bond motifs is 1. The lowest BCUT2D eigenvalue weighted by molar-refractivity contribution is 0.100. The van der Waals surface area contributed by atoms with Crippen LogP contribution in [0.5, 0.6) is 0 Å². The standard InChI is InChI=1S/C22H19N3O3S/c1-29(27,28)25-17-9-7-15(8-10-17)20-13-24-21-18(20)11-16(12-19(21)22(23)26)14-5-3-2-4-6-14/h2-13,24-25H,1H3,(H2,23,26). The number of rotatable bonds is 5. The summed E-state index contributed by atoms with van der Waals surface area (Å²) < 4.78 is 25.3. The predicted molar refractivity (Wildman–Crippen MR) is 116 cm³/mol. The number of aromatic nitrogens is 1. The number of nitrogens with one attached hydrogen (secondary N) is 2. The third-order valence-corrected chi connectivity index (χ3v) is 5.27. The quantitative estimate of drug-likeness (QED) is 0.468. The van der Waals surface area contributed by atoms with E-state index in [0.29, 0.717) is 16.8 Å². The van der Waals surface area contributed by atoms with Crippen LogP contribution in [0.4, 0.5) is 5.69 Å². The third kappa shape index (κ3) is 3.86. The lowest BCUT2D eigenvalue weighted by atomic mass is 9.96. The molecular weight excluding hydrogens is 386 g/mol. The first-order chi connectivity index (χ1) is 13.8. The maximum absolute atomic E-state index is 12.1. The molecule has 3 aromatic carbocycles. The number of hydrogen-bond donors (Lipinski definition) is 3. The zero-order valence-corrected chi connectivity index (χ0v) is 16.5. The average Bonchev–Trinajstić information content (AvgIpc) is 3.11. The summed E-state index contributed by atoms with van der Waals surface area (Å²) in [7, 11) is -3.34. The van der Waals surface area contributed by atoms with Crippen molar-refractivity contribution in [3.8, 4) is 22.3 Å². The third-order valence-electron chi connectivity index (χ3n) is 4.66. The number of anilines is 1. The van der Waals surface area contributed by atoms with Crippen LogP contribution in [-0.2, 0) is 10.0 Å². The smallest absolute Gasteiger partial charge is 0.250 e. The van der Waals surface area contributed by atoms with E-state index in [0.717, 1.165) is 33.9 Å². The highest BCUT2D eigenvalue weighted by molar-refractivity contribution is 7.92. The number of amides is 1. The molecule has 0 atom stereocenters. The zero-order valence-electron chi connectivity index (χ0n) is 15.6. The summed E-state index contributed by atoms with van der Waals surface area (Å²) in [6.45, 7) is 0. The van der Waals surface area contributed by atoms with E-state index in [-0.39, 0.29) is 0 Å². The van der Waals surface area contributed by atoms with E-state index in [1.807, 2.05) is 54.7 Å². The fraction of sp³-hybridized carbons (Fsp3) is 0.0455. The largest absolute Gasteiger partial charge is 0.366 e. The molecule has 0 aliphatic heterocycles. The minimum absolute atomic E-state index is 0.419. The van der Waals surface area contributed by atoms with E-state index < -0.39 is 15.9 Å². The molecule has 0 unspecified atom stereocenters. The Balaban J connectivity index is 1.86. The lowest BCUT2D eigenvalue weighted by Gasteiger charge is -2.08. The van der Waals surface area contributed by atoms with Gasteiger partial charge in [-0.2, -0.15) is 0 Å². The number of benzene rings is 3. The Labute approximate surface area is 168 Å². The zero-order chi connectivity index (χ0) is 20.6. The van der Waals surface area contributed by atoms with E-state index >= 15 is 0 Å². The number of sulfonamides is 1. The van der Waals surface area contributed by atoms with Gasteiger partial charge in [0.05, 0.1) is 17.3 Å². The van der Waals surface area contributed by atoms with Crippen molar-refractivity contribution in [1.29, 1.82) is 0 Å². The highest BCUT2D eigenvalue weighted by Gasteiger charge is 2.15. The second-order valence-corrected chi connectivity index (χ2v) is 8.58. The van der Waals surface area contributed by atoms with Crippen molar-refractivity contribution in [1.82, 2.24) is 4.98 Å². The molecule has 4 N–H and O–H groups in total. The van der Waals surface area contributed by atoms with Gasteiger partial charge >= 0.3 is 0 Å². The average molecular weight is 405 g/mol. The number of hydrogen-bond acceptors (Lipinski definition) is 3. The maximum atomic E-state index is 12.1. The number of aromatic amines is 1. The summed E-state index contributed by atoms with van der Waals surface area (Å²) in [5.41, 5.74) is 10.9. The van der Waals surface area contributed by atoms with Crippen molar-refractivity contribution in [2.45, 2.75) is 0 Å². The second-order valence-electron chi connectivity index (χ2n) is 6.83. The molecular formula is C22H19N3O3S. The Morgan fingerprint density at radius 1 is 0.931 bits per heavy atom. The van der Waals surface area contributed by atoms with Crippen LogP contribution in [-0.4, -0.2) is 25.6 Å². The van der Waals surface area contributed by atoms with Gasteiger partial charge < -0.3 is 10.7 Å². The van der Waals surface area contributed by atoms with Crippen LogP contribution in [0.25, 0.3) is 33.2 Å². The molecule has 0 aliphatic rings. The summed E-state index contributed by atoms with van der Waals surface area (Å²) >= 11 is 0. The molecule has 0 fully saturated rings. The number of primary amides is 1. The Bertz CT molecular complexity index is 1310. The van der Waals surface area contributed by atoms with Gasteiger partial charge in [-0.15, -0.1) is 0 Å². The molecule has 0 saturated carbocycles. The fourth-order valence-corrected chi connectivity index (χ4v) is 3.96. The van der Waals surface area contributed by atoms with Gasteiger partial charge in [0.2, 0.25) is 10.0 Å². The molecule has 29 heavy (non-hydrogen) atoms. The molecule has 0 spiro atoms. The summed E-state index contributed by atoms with van der Waals surface area (Å²) in [6, 6.07) is 20.6. The molecule has 1 heterocycles. The van der Waals surface area contributed by atoms with E-state index in [1.54, 1.807) is 18.2 Å². The Hall–Kier alpha value is -3.58. The van der Waals surface area contributed by atoms with Crippen LogP contribution in [0.2, 0.25) is 0 Å². The van der Waals surface area contributed by atoms with Crippen molar-refractivity contribution in [2.24, 2.45) is 5.73 Å². The van der Waals surface area contributed by atoms with Gasteiger partial charge in [0, 0.05) is 22.8 Å². The van der Waals surface area contributed by atoms with Gasteiger partial charge in [0.25, 0.3) is 5.91 Å². The molecule has 4 aromatic rings. The van der Waals surface area contributed by atoms with E-state index in [4.69, 9.17) is 5.73 Å². The topological polar surface area (TPSA) is 105 Å². The number of H-pyrrole nitrogens is 1.